The van der Waals surface area contributed by atoms with Crippen LogP contribution in [0.5, 0.6) is 5.75 Å². The Hall–Kier alpha value is -2.80. The van der Waals surface area contributed by atoms with Gasteiger partial charge in [-0.1, -0.05) is 49.2 Å². The number of aliphatic hydroxyl groups is 1. The fourth-order valence-electron chi connectivity index (χ4n) is 3.36. The van der Waals surface area contributed by atoms with Crippen molar-refractivity contribution in [1.29, 1.82) is 0 Å². The van der Waals surface area contributed by atoms with E-state index < -0.39 is 5.97 Å². The van der Waals surface area contributed by atoms with Gasteiger partial charge in [0, 0.05) is 38.5 Å². The van der Waals surface area contributed by atoms with Crippen LogP contribution in [0.1, 0.15) is 35.3 Å². The molecule has 0 fully saturated rings. The minimum atomic E-state index is -0.959. The molecule has 0 radical (unpaired) electrons. The molecule has 0 aromatic heterocycles. The number of carboxylic acid groups (broad SMARTS) is 1. The summed E-state index contributed by atoms with van der Waals surface area (Å²) in [5.74, 6) is -0.111. The Balaban J connectivity index is 1.70. The van der Waals surface area contributed by atoms with Gasteiger partial charge in [-0.15, -0.1) is 0 Å². The molecule has 0 aliphatic heterocycles. The first-order chi connectivity index (χ1) is 16.7. The van der Waals surface area contributed by atoms with Crippen LogP contribution in [0.15, 0.2) is 76.9 Å². The third kappa shape index (κ3) is 7.34. The zero-order valence-corrected chi connectivity index (χ0v) is 22.0. The fraction of sp³-hybridized carbons (Fsp3) is 0.222. The van der Waals surface area contributed by atoms with E-state index in [9.17, 15) is 9.90 Å². The molecule has 0 aliphatic rings. The van der Waals surface area contributed by atoms with Crippen molar-refractivity contribution in [3.8, 4) is 5.75 Å². The SMILES string of the molecule is Cc1cc(OC/C(Cc2c(Cl)cccc2Cl)=C(/O)C(C)C)ccc1NSc1cccc(C(=O)O)c1. The van der Waals surface area contributed by atoms with Gasteiger partial charge in [0.15, 0.2) is 0 Å². The monoisotopic (exact) mass is 531 g/mol. The molecule has 5 nitrogen and oxygen atoms in total. The number of hydrogen-bond donors (Lipinski definition) is 3. The quantitative estimate of drug-likeness (QED) is 0.180. The summed E-state index contributed by atoms with van der Waals surface area (Å²) in [7, 11) is 0. The van der Waals surface area contributed by atoms with Gasteiger partial charge >= 0.3 is 5.97 Å². The van der Waals surface area contributed by atoms with Gasteiger partial charge in [-0.05, 0) is 78.5 Å². The number of halogens is 2. The minimum Gasteiger partial charge on any atom is -0.512 e. The molecule has 3 aromatic carbocycles. The van der Waals surface area contributed by atoms with Gasteiger partial charge in [-0.3, -0.25) is 0 Å². The van der Waals surface area contributed by atoms with E-state index in [0.717, 1.165) is 21.7 Å². The number of hydrogen-bond acceptors (Lipinski definition) is 5. The maximum Gasteiger partial charge on any atom is 0.335 e. The van der Waals surface area contributed by atoms with Crippen molar-refractivity contribution >= 4 is 46.8 Å². The summed E-state index contributed by atoms with van der Waals surface area (Å²) < 4.78 is 9.28. The van der Waals surface area contributed by atoms with Gasteiger partial charge in [-0.2, -0.15) is 0 Å². The van der Waals surface area contributed by atoms with Gasteiger partial charge < -0.3 is 19.7 Å². The Bertz CT molecular complexity index is 1220. The second-order valence-corrected chi connectivity index (χ2v) is 10.0. The molecule has 35 heavy (non-hydrogen) atoms. The molecule has 184 valence electrons. The molecule has 8 heteroatoms. The number of carbonyl (C=O) groups is 1. The van der Waals surface area contributed by atoms with Crippen LogP contribution in [-0.4, -0.2) is 22.8 Å². The molecule has 0 saturated heterocycles. The second-order valence-electron chi connectivity index (χ2n) is 8.32. The van der Waals surface area contributed by atoms with Gasteiger partial charge in [-0.25, -0.2) is 4.79 Å². The lowest BCUT2D eigenvalue weighted by atomic mass is 10.00. The normalized spacial score (nSPS) is 11.8. The highest BCUT2D eigenvalue weighted by Crippen LogP contribution is 2.30. The Labute approximate surface area is 219 Å². The van der Waals surface area contributed by atoms with Crippen LogP contribution in [0.3, 0.4) is 0 Å². The Kier molecular flexibility index (Phi) is 9.38. The largest absolute Gasteiger partial charge is 0.512 e. The Morgan fingerprint density at radius 3 is 2.34 bits per heavy atom. The van der Waals surface area contributed by atoms with E-state index in [1.807, 2.05) is 45.0 Å². The number of allylic oxidation sites excluding steroid dienone is 1. The summed E-state index contributed by atoms with van der Waals surface area (Å²) >= 11 is 14.0. The van der Waals surface area contributed by atoms with E-state index >= 15 is 0 Å². The molecule has 0 bridgehead atoms. The van der Waals surface area contributed by atoms with Crippen molar-refractivity contribution in [2.45, 2.75) is 32.1 Å². The van der Waals surface area contributed by atoms with E-state index in [-0.39, 0.29) is 23.8 Å². The molecule has 0 unspecified atom stereocenters. The zero-order valence-electron chi connectivity index (χ0n) is 19.6. The lowest BCUT2D eigenvalue weighted by Crippen LogP contribution is -2.11. The van der Waals surface area contributed by atoms with Gasteiger partial charge in [0.05, 0.1) is 11.3 Å². The second kappa shape index (κ2) is 12.2. The number of nitrogens with one attached hydrogen (secondary N) is 1. The molecule has 3 N–H and O–H groups in total. The van der Waals surface area contributed by atoms with Gasteiger partial charge in [0.2, 0.25) is 0 Å². The predicted octanol–water partition coefficient (Wildman–Crippen LogP) is 8.21. The topological polar surface area (TPSA) is 78.8 Å². The minimum absolute atomic E-state index is 0.0696. The van der Waals surface area contributed by atoms with Crippen molar-refractivity contribution < 1.29 is 19.7 Å². The summed E-state index contributed by atoms with van der Waals surface area (Å²) in [6.07, 6.45) is 0.382. The molecule has 0 atom stereocenters. The number of carboxylic acids is 1. The van der Waals surface area contributed by atoms with Crippen LogP contribution >= 0.6 is 35.1 Å². The summed E-state index contributed by atoms with van der Waals surface area (Å²) in [4.78, 5) is 12.0. The van der Waals surface area contributed by atoms with Gasteiger partial charge in [0.1, 0.15) is 12.4 Å². The Morgan fingerprint density at radius 1 is 1.03 bits per heavy atom. The number of benzene rings is 3. The van der Waals surface area contributed by atoms with E-state index in [2.05, 4.69) is 4.72 Å². The highest BCUT2D eigenvalue weighted by Gasteiger charge is 2.16. The first-order valence-corrected chi connectivity index (χ1v) is 12.6. The number of ether oxygens (including phenoxy) is 1. The average Bonchev–Trinajstić information content (AvgIpc) is 2.82. The first kappa shape index (κ1) is 26.8. The maximum absolute atomic E-state index is 11.2. The van der Waals surface area contributed by atoms with Crippen LogP contribution in [-0.2, 0) is 6.42 Å². The van der Waals surface area contributed by atoms with Crippen LogP contribution in [0.2, 0.25) is 10.0 Å². The average molecular weight is 532 g/mol. The van der Waals surface area contributed by atoms with Crippen molar-refractivity contribution in [3.63, 3.8) is 0 Å². The molecule has 0 aliphatic carbocycles. The van der Waals surface area contributed by atoms with E-state index in [1.165, 1.54) is 11.9 Å². The standard InChI is InChI=1S/C27H27Cl2NO4S/c1-16(2)26(31)19(14-22-23(28)8-5-9-24(22)29)15-34-20-10-11-25(17(3)12-20)30-35-21-7-4-6-18(13-21)27(32)33/h4-13,16,30-31H,14-15H2,1-3H3,(H,32,33)/b26-19+. The molecule has 0 heterocycles. The molecule has 3 rings (SSSR count). The number of anilines is 1. The predicted molar refractivity (Wildman–Crippen MR) is 144 cm³/mol. The number of aliphatic hydroxyl groups excluding tert-OH is 1. The third-order valence-corrected chi connectivity index (χ3v) is 6.85. The smallest absolute Gasteiger partial charge is 0.335 e. The molecular formula is C27H27Cl2NO4S. The van der Waals surface area contributed by atoms with Crippen molar-refractivity contribution in [2.24, 2.45) is 5.92 Å². The fourth-order valence-corrected chi connectivity index (χ4v) is 4.68. The molecular weight excluding hydrogens is 505 g/mol. The highest BCUT2D eigenvalue weighted by atomic mass is 35.5. The molecule has 0 amide bonds. The van der Waals surface area contributed by atoms with Crippen molar-refractivity contribution in [3.05, 3.63) is 98.7 Å². The van der Waals surface area contributed by atoms with E-state index in [0.29, 0.717) is 27.8 Å². The third-order valence-electron chi connectivity index (χ3n) is 5.33. The highest BCUT2D eigenvalue weighted by molar-refractivity contribution is 8.00. The van der Waals surface area contributed by atoms with Crippen LogP contribution in [0.4, 0.5) is 5.69 Å². The summed E-state index contributed by atoms with van der Waals surface area (Å²) in [6.45, 7) is 5.97. The van der Waals surface area contributed by atoms with Crippen molar-refractivity contribution in [2.75, 3.05) is 11.3 Å². The molecule has 3 aromatic rings. The lowest BCUT2D eigenvalue weighted by Gasteiger charge is -2.17. The maximum atomic E-state index is 11.2. The first-order valence-electron chi connectivity index (χ1n) is 11.0. The van der Waals surface area contributed by atoms with Crippen LogP contribution < -0.4 is 9.46 Å². The van der Waals surface area contributed by atoms with Crippen LogP contribution in [0, 0.1) is 12.8 Å². The summed E-state index contributed by atoms with van der Waals surface area (Å²) in [5, 5.41) is 21.0. The van der Waals surface area contributed by atoms with Crippen LogP contribution in [0.25, 0.3) is 0 Å². The molecule has 0 saturated carbocycles. The summed E-state index contributed by atoms with van der Waals surface area (Å²) in [6, 6.07) is 17.7. The number of rotatable bonds is 10. The van der Waals surface area contributed by atoms with E-state index in [1.54, 1.807) is 36.4 Å². The zero-order chi connectivity index (χ0) is 25.5. The molecule has 0 spiro atoms. The van der Waals surface area contributed by atoms with E-state index in [4.69, 9.17) is 33.0 Å². The number of aromatic carboxylic acids is 1. The Morgan fingerprint density at radius 2 is 1.71 bits per heavy atom. The van der Waals surface area contributed by atoms with Gasteiger partial charge in [0.25, 0.3) is 0 Å². The number of aryl methyl sites for hydroxylation is 1. The van der Waals surface area contributed by atoms with Crippen molar-refractivity contribution in [1.82, 2.24) is 0 Å². The summed E-state index contributed by atoms with van der Waals surface area (Å²) in [5.41, 5.74) is 3.54. The lowest BCUT2D eigenvalue weighted by molar-refractivity contribution is 0.0696.